The molecule has 0 amide bonds. The van der Waals surface area contributed by atoms with Crippen molar-refractivity contribution in [2.75, 3.05) is 6.61 Å². The quantitative estimate of drug-likeness (QED) is 0.354. The van der Waals surface area contributed by atoms with Crippen LogP contribution in [0.25, 0.3) is 0 Å². The van der Waals surface area contributed by atoms with E-state index in [0.29, 0.717) is 0 Å². The Morgan fingerprint density at radius 3 is 2.40 bits per heavy atom. The van der Waals surface area contributed by atoms with Crippen LogP contribution in [-0.4, -0.2) is 39.2 Å². The molecule has 1 aliphatic rings. The first-order valence-electron chi connectivity index (χ1n) is 2.74. The molecule has 2 atom stereocenters. The Hall–Kier alpha value is -0.940. The van der Waals surface area contributed by atoms with E-state index in [1.54, 1.807) is 0 Å². The second-order valence-corrected chi connectivity index (χ2v) is 2.01. The van der Waals surface area contributed by atoms with Crippen LogP contribution < -0.4 is 0 Å². The molecule has 0 unspecified atom stereocenters. The topological polar surface area (TPSA) is 90.2 Å². The number of aliphatic hydroxyl groups is 4. The lowest BCUT2D eigenvalue weighted by molar-refractivity contribution is -0.0791. The van der Waals surface area contributed by atoms with E-state index in [1.165, 1.54) is 0 Å². The molecule has 5 nitrogen and oxygen atoms in total. The molecule has 0 aromatic carbocycles. The van der Waals surface area contributed by atoms with Gasteiger partial charge in [-0.25, -0.2) is 0 Å². The molecular formula is C5H8O5. The third-order valence-electron chi connectivity index (χ3n) is 1.25. The van der Waals surface area contributed by atoms with E-state index >= 15 is 0 Å². The van der Waals surface area contributed by atoms with E-state index in [9.17, 15) is 0 Å². The van der Waals surface area contributed by atoms with Crippen molar-refractivity contribution in [2.24, 2.45) is 0 Å². The minimum absolute atomic E-state index is 0.211. The van der Waals surface area contributed by atoms with Crippen molar-refractivity contribution >= 4 is 0 Å². The predicted molar refractivity (Wildman–Crippen MR) is 30.2 cm³/mol. The summed E-state index contributed by atoms with van der Waals surface area (Å²) in [5.41, 5.74) is 0. The first-order valence-corrected chi connectivity index (χ1v) is 2.74. The summed E-state index contributed by atoms with van der Waals surface area (Å²) in [6.07, 6.45) is -2.61. The standard InChI is InChI=1S/C5H8O5/c6-2-1-10-5(9)4(8)3(2)7/h2-3,6-9H,1H2/t2-,3-/m1/s1. The van der Waals surface area contributed by atoms with Crippen molar-refractivity contribution in [3.8, 4) is 0 Å². The zero-order valence-electron chi connectivity index (χ0n) is 5.06. The summed E-state index contributed by atoms with van der Waals surface area (Å²) in [4.78, 5) is 0. The molecule has 1 heterocycles. The molecule has 0 radical (unpaired) electrons. The maximum atomic E-state index is 8.82. The highest BCUT2D eigenvalue weighted by Gasteiger charge is 2.30. The van der Waals surface area contributed by atoms with Gasteiger partial charge in [-0.05, 0) is 0 Å². The monoisotopic (exact) mass is 148 g/mol. The van der Waals surface area contributed by atoms with Crippen LogP contribution >= 0.6 is 0 Å². The average Bonchev–Trinajstić information content (AvgIpc) is 1.93. The van der Waals surface area contributed by atoms with Crippen molar-refractivity contribution < 1.29 is 25.2 Å². The predicted octanol–water partition coefficient (Wildman–Crippen LogP) is -0.977. The van der Waals surface area contributed by atoms with Gasteiger partial charge in [-0.1, -0.05) is 0 Å². The van der Waals surface area contributed by atoms with Crippen LogP contribution in [0.4, 0.5) is 0 Å². The van der Waals surface area contributed by atoms with Gasteiger partial charge < -0.3 is 25.2 Å². The Labute approximate surface area is 56.8 Å². The zero-order chi connectivity index (χ0) is 7.72. The second kappa shape index (κ2) is 2.36. The fourth-order valence-electron chi connectivity index (χ4n) is 0.638. The van der Waals surface area contributed by atoms with Crippen LogP contribution in [0.1, 0.15) is 0 Å². The largest absolute Gasteiger partial charge is 0.504 e. The maximum Gasteiger partial charge on any atom is 0.319 e. The summed E-state index contributed by atoms with van der Waals surface area (Å²) in [6.45, 7) is -0.211. The van der Waals surface area contributed by atoms with E-state index in [1.807, 2.05) is 0 Å². The normalized spacial score (nSPS) is 33.8. The molecule has 0 saturated carbocycles. The minimum atomic E-state index is -1.44. The number of aliphatic hydroxyl groups excluding tert-OH is 4. The first kappa shape index (κ1) is 7.17. The highest BCUT2D eigenvalue weighted by atomic mass is 16.6. The third kappa shape index (κ3) is 1.01. The van der Waals surface area contributed by atoms with E-state index < -0.39 is 23.9 Å². The van der Waals surface area contributed by atoms with Crippen molar-refractivity contribution in [1.29, 1.82) is 0 Å². The Bertz CT molecular complexity index is 163. The number of hydrogen-bond acceptors (Lipinski definition) is 5. The summed E-state index contributed by atoms with van der Waals surface area (Å²) in [5, 5.41) is 34.9. The lowest BCUT2D eigenvalue weighted by atomic mass is 10.1. The van der Waals surface area contributed by atoms with Crippen LogP contribution in [0.3, 0.4) is 0 Å². The Balaban J connectivity index is 2.77. The highest BCUT2D eigenvalue weighted by molar-refractivity contribution is 5.04. The van der Waals surface area contributed by atoms with Crippen molar-refractivity contribution in [3.63, 3.8) is 0 Å². The Morgan fingerprint density at radius 2 is 1.90 bits per heavy atom. The van der Waals surface area contributed by atoms with Gasteiger partial charge >= 0.3 is 5.95 Å². The van der Waals surface area contributed by atoms with Crippen molar-refractivity contribution in [3.05, 3.63) is 11.7 Å². The number of ether oxygens (including phenoxy) is 1. The van der Waals surface area contributed by atoms with Gasteiger partial charge in [-0.15, -0.1) is 0 Å². The summed E-state index contributed by atoms with van der Waals surface area (Å²) in [5.74, 6) is -1.45. The smallest absolute Gasteiger partial charge is 0.319 e. The summed E-state index contributed by atoms with van der Waals surface area (Å²) in [7, 11) is 0. The molecular weight excluding hydrogens is 140 g/mol. The molecule has 0 spiro atoms. The minimum Gasteiger partial charge on any atom is -0.504 e. The van der Waals surface area contributed by atoms with Crippen LogP contribution in [0.5, 0.6) is 0 Å². The van der Waals surface area contributed by atoms with Gasteiger partial charge in [0.15, 0.2) is 0 Å². The Morgan fingerprint density at radius 1 is 1.30 bits per heavy atom. The molecule has 1 aliphatic heterocycles. The van der Waals surface area contributed by atoms with E-state index in [4.69, 9.17) is 20.4 Å². The molecule has 10 heavy (non-hydrogen) atoms. The summed E-state index contributed by atoms with van der Waals surface area (Å²) in [6, 6.07) is 0. The molecule has 0 fully saturated rings. The van der Waals surface area contributed by atoms with Crippen LogP contribution in [0.15, 0.2) is 11.7 Å². The van der Waals surface area contributed by atoms with Crippen molar-refractivity contribution in [2.45, 2.75) is 12.2 Å². The fourth-order valence-corrected chi connectivity index (χ4v) is 0.638. The molecule has 58 valence electrons. The van der Waals surface area contributed by atoms with E-state index in [2.05, 4.69) is 4.74 Å². The van der Waals surface area contributed by atoms with E-state index in [-0.39, 0.29) is 6.61 Å². The van der Waals surface area contributed by atoms with Crippen LogP contribution in [0.2, 0.25) is 0 Å². The SMILES string of the molecule is OC1=C(O)[C@H](O)[C@H](O)CO1. The van der Waals surface area contributed by atoms with Gasteiger partial charge in [0.05, 0.1) is 0 Å². The molecule has 1 rings (SSSR count). The molecule has 0 aliphatic carbocycles. The molecule has 5 heteroatoms. The maximum absolute atomic E-state index is 8.82. The van der Waals surface area contributed by atoms with Gasteiger partial charge in [0, 0.05) is 0 Å². The first-order chi connectivity index (χ1) is 4.63. The Kier molecular flexibility index (Phi) is 1.69. The summed E-state index contributed by atoms with van der Waals surface area (Å²) >= 11 is 0. The molecule has 0 bridgehead atoms. The zero-order valence-corrected chi connectivity index (χ0v) is 5.06. The molecule has 0 saturated heterocycles. The molecule has 0 aromatic rings. The fraction of sp³-hybridized carbons (Fsp3) is 0.600. The van der Waals surface area contributed by atoms with Gasteiger partial charge in [-0.3, -0.25) is 0 Å². The molecule has 4 N–H and O–H groups in total. The van der Waals surface area contributed by atoms with Crippen LogP contribution in [0, 0.1) is 0 Å². The number of rotatable bonds is 0. The summed E-state index contributed by atoms with van der Waals surface area (Å²) < 4.78 is 4.35. The van der Waals surface area contributed by atoms with E-state index in [0.717, 1.165) is 0 Å². The number of hydrogen-bond donors (Lipinski definition) is 4. The highest BCUT2D eigenvalue weighted by Crippen LogP contribution is 2.15. The average molecular weight is 148 g/mol. The van der Waals surface area contributed by atoms with Gasteiger partial charge in [0.25, 0.3) is 0 Å². The lowest BCUT2D eigenvalue weighted by Gasteiger charge is -2.22. The molecule has 0 aromatic heterocycles. The van der Waals surface area contributed by atoms with Gasteiger partial charge in [-0.2, -0.15) is 0 Å². The van der Waals surface area contributed by atoms with Crippen molar-refractivity contribution in [1.82, 2.24) is 0 Å². The second-order valence-electron chi connectivity index (χ2n) is 2.01. The van der Waals surface area contributed by atoms with Crippen LogP contribution in [-0.2, 0) is 4.74 Å². The third-order valence-corrected chi connectivity index (χ3v) is 1.25. The lowest BCUT2D eigenvalue weighted by Crippen LogP contribution is -2.36. The van der Waals surface area contributed by atoms with Gasteiger partial charge in [0.1, 0.15) is 18.8 Å². The van der Waals surface area contributed by atoms with Gasteiger partial charge in [0.2, 0.25) is 5.76 Å².